The Balaban J connectivity index is 1.50. The van der Waals surface area contributed by atoms with Crippen molar-refractivity contribution in [3.63, 3.8) is 0 Å². The van der Waals surface area contributed by atoms with Gasteiger partial charge in [-0.2, -0.15) is 0 Å². The standard InChI is InChI=1S/C21H17NO2/c23-21(18-10-2-1-3-11-18)22-15-6-7-16-24-20-14-8-12-17-9-4-5-13-19(17)20/h1-5,8-14H,15-16H2,(H,22,23). The molecule has 3 aromatic rings. The Labute approximate surface area is 141 Å². The normalized spacial score (nSPS) is 9.83. The number of hydrogen-bond acceptors (Lipinski definition) is 2. The number of ether oxygens (including phenoxy) is 1. The molecule has 0 heterocycles. The van der Waals surface area contributed by atoms with Gasteiger partial charge in [-0.05, 0) is 23.6 Å². The van der Waals surface area contributed by atoms with Crippen molar-refractivity contribution in [2.24, 2.45) is 0 Å². The summed E-state index contributed by atoms with van der Waals surface area (Å²) in [5, 5.41) is 4.96. The SMILES string of the molecule is O=C(NCC#CCOc1cccc2ccccc12)c1ccccc1. The van der Waals surface area contributed by atoms with Crippen LogP contribution in [0, 0.1) is 11.8 Å². The number of carbonyl (C=O) groups excluding carboxylic acids is 1. The van der Waals surface area contributed by atoms with E-state index in [1.165, 1.54) is 0 Å². The maximum absolute atomic E-state index is 11.8. The summed E-state index contributed by atoms with van der Waals surface area (Å²) < 4.78 is 5.72. The lowest BCUT2D eigenvalue weighted by molar-refractivity contribution is 0.0958. The predicted molar refractivity (Wildman–Crippen MR) is 96.0 cm³/mol. The van der Waals surface area contributed by atoms with Gasteiger partial charge >= 0.3 is 0 Å². The van der Waals surface area contributed by atoms with E-state index < -0.39 is 0 Å². The molecule has 0 aliphatic carbocycles. The van der Waals surface area contributed by atoms with Gasteiger partial charge < -0.3 is 10.1 Å². The van der Waals surface area contributed by atoms with E-state index in [0.717, 1.165) is 16.5 Å². The molecule has 3 nitrogen and oxygen atoms in total. The van der Waals surface area contributed by atoms with Crippen molar-refractivity contribution >= 4 is 16.7 Å². The van der Waals surface area contributed by atoms with Crippen LogP contribution >= 0.6 is 0 Å². The van der Waals surface area contributed by atoms with E-state index in [0.29, 0.717) is 12.1 Å². The number of carbonyl (C=O) groups is 1. The summed E-state index contributed by atoms with van der Waals surface area (Å²) in [6.07, 6.45) is 0. The molecule has 3 rings (SSSR count). The van der Waals surface area contributed by atoms with Crippen molar-refractivity contribution in [3.05, 3.63) is 78.4 Å². The summed E-state index contributed by atoms with van der Waals surface area (Å²) in [6.45, 7) is 0.585. The Morgan fingerprint density at radius 2 is 1.62 bits per heavy atom. The minimum Gasteiger partial charge on any atom is -0.480 e. The number of rotatable bonds is 4. The number of benzene rings is 3. The van der Waals surface area contributed by atoms with Crippen LogP contribution in [0.5, 0.6) is 5.75 Å². The van der Waals surface area contributed by atoms with Crippen molar-refractivity contribution in [1.29, 1.82) is 0 Å². The van der Waals surface area contributed by atoms with Crippen LogP contribution in [0.4, 0.5) is 0 Å². The summed E-state index contributed by atoms with van der Waals surface area (Å²) in [5.74, 6) is 6.51. The quantitative estimate of drug-likeness (QED) is 0.746. The third-order valence-corrected chi connectivity index (χ3v) is 3.55. The number of amides is 1. The molecule has 0 aliphatic rings. The van der Waals surface area contributed by atoms with Crippen molar-refractivity contribution in [1.82, 2.24) is 5.32 Å². The van der Waals surface area contributed by atoms with Gasteiger partial charge in [-0.3, -0.25) is 4.79 Å². The van der Waals surface area contributed by atoms with E-state index in [9.17, 15) is 4.79 Å². The number of hydrogen-bond donors (Lipinski definition) is 1. The van der Waals surface area contributed by atoms with E-state index in [-0.39, 0.29) is 12.5 Å². The lowest BCUT2D eigenvalue weighted by Crippen LogP contribution is -2.23. The lowest BCUT2D eigenvalue weighted by atomic mass is 10.1. The Morgan fingerprint density at radius 3 is 2.50 bits per heavy atom. The highest BCUT2D eigenvalue weighted by Gasteiger charge is 2.01. The molecule has 0 aromatic heterocycles. The van der Waals surface area contributed by atoms with Crippen LogP contribution in [0.3, 0.4) is 0 Å². The van der Waals surface area contributed by atoms with Crippen LogP contribution in [-0.2, 0) is 0 Å². The highest BCUT2D eigenvalue weighted by molar-refractivity contribution is 5.94. The molecule has 0 saturated carbocycles. The van der Waals surface area contributed by atoms with Gasteiger partial charge in [-0.15, -0.1) is 0 Å². The molecule has 24 heavy (non-hydrogen) atoms. The molecule has 0 unspecified atom stereocenters. The van der Waals surface area contributed by atoms with Crippen LogP contribution in [0.1, 0.15) is 10.4 Å². The van der Waals surface area contributed by atoms with E-state index in [2.05, 4.69) is 17.2 Å². The number of nitrogens with one attached hydrogen (secondary N) is 1. The maximum Gasteiger partial charge on any atom is 0.252 e. The minimum absolute atomic E-state index is 0.125. The topological polar surface area (TPSA) is 38.3 Å². The molecule has 0 fully saturated rings. The molecule has 1 N–H and O–H groups in total. The summed E-state index contributed by atoms with van der Waals surface area (Å²) in [4.78, 5) is 11.8. The van der Waals surface area contributed by atoms with Gasteiger partial charge in [0.15, 0.2) is 0 Å². The van der Waals surface area contributed by atoms with E-state index in [4.69, 9.17) is 4.74 Å². The fourth-order valence-corrected chi connectivity index (χ4v) is 2.36. The fourth-order valence-electron chi connectivity index (χ4n) is 2.36. The zero-order valence-corrected chi connectivity index (χ0v) is 13.2. The summed E-state index contributed by atoms with van der Waals surface area (Å²) in [7, 11) is 0. The van der Waals surface area contributed by atoms with Gasteiger partial charge in [0.25, 0.3) is 5.91 Å². The van der Waals surface area contributed by atoms with Crippen LogP contribution in [0.15, 0.2) is 72.8 Å². The largest absolute Gasteiger partial charge is 0.480 e. The fraction of sp³-hybridized carbons (Fsp3) is 0.0952. The van der Waals surface area contributed by atoms with E-state index in [1.807, 2.05) is 60.7 Å². The zero-order valence-electron chi connectivity index (χ0n) is 13.2. The van der Waals surface area contributed by atoms with Crippen molar-refractivity contribution in [3.8, 4) is 17.6 Å². The molecule has 1 amide bonds. The molecule has 0 bridgehead atoms. The molecule has 0 saturated heterocycles. The molecule has 0 aliphatic heterocycles. The maximum atomic E-state index is 11.8. The predicted octanol–water partition coefficient (Wildman–Crippen LogP) is 3.65. The average molecular weight is 315 g/mol. The molecule has 118 valence electrons. The van der Waals surface area contributed by atoms with Gasteiger partial charge in [0, 0.05) is 10.9 Å². The summed E-state index contributed by atoms with van der Waals surface area (Å²) in [6, 6.07) is 23.1. The van der Waals surface area contributed by atoms with E-state index >= 15 is 0 Å². The van der Waals surface area contributed by atoms with Crippen LogP contribution < -0.4 is 10.1 Å². The second-order valence-electron chi connectivity index (χ2n) is 5.17. The smallest absolute Gasteiger partial charge is 0.252 e. The van der Waals surface area contributed by atoms with Gasteiger partial charge in [-0.25, -0.2) is 0 Å². The zero-order chi connectivity index (χ0) is 16.6. The molecule has 0 atom stereocenters. The van der Waals surface area contributed by atoms with Crippen LogP contribution in [-0.4, -0.2) is 19.1 Å². The molecule has 0 spiro atoms. The molecule has 0 radical (unpaired) electrons. The van der Waals surface area contributed by atoms with Gasteiger partial charge in [-0.1, -0.05) is 66.4 Å². The van der Waals surface area contributed by atoms with Gasteiger partial charge in [0.2, 0.25) is 0 Å². The average Bonchev–Trinajstić information content (AvgIpc) is 2.65. The van der Waals surface area contributed by atoms with Gasteiger partial charge in [0.05, 0.1) is 6.54 Å². The summed E-state index contributed by atoms with van der Waals surface area (Å²) in [5.41, 5.74) is 0.631. The second kappa shape index (κ2) is 7.85. The molecular formula is C21H17NO2. The van der Waals surface area contributed by atoms with Crippen LogP contribution in [0.25, 0.3) is 10.8 Å². The minimum atomic E-state index is -0.125. The first-order valence-corrected chi connectivity index (χ1v) is 7.74. The Hall–Kier alpha value is -3.25. The third-order valence-electron chi connectivity index (χ3n) is 3.55. The van der Waals surface area contributed by atoms with Crippen molar-refractivity contribution < 1.29 is 9.53 Å². The first kappa shape index (κ1) is 15.6. The lowest BCUT2D eigenvalue weighted by Gasteiger charge is -2.06. The monoisotopic (exact) mass is 315 g/mol. The van der Waals surface area contributed by atoms with Crippen molar-refractivity contribution in [2.75, 3.05) is 13.2 Å². The Bertz CT molecular complexity index is 886. The first-order valence-electron chi connectivity index (χ1n) is 7.74. The highest BCUT2D eigenvalue weighted by atomic mass is 16.5. The Morgan fingerprint density at radius 1 is 0.875 bits per heavy atom. The third kappa shape index (κ3) is 3.93. The molecular weight excluding hydrogens is 298 g/mol. The Kier molecular flexibility index (Phi) is 5.11. The molecule has 3 heteroatoms. The van der Waals surface area contributed by atoms with Crippen LogP contribution in [0.2, 0.25) is 0 Å². The summed E-state index contributed by atoms with van der Waals surface area (Å²) >= 11 is 0. The molecule has 3 aromatic carbocycles. The second-order valence-corrected chi connectivity index (χ2v) is 5.17. The van der Waals surface area contributed by atoms with Crippen molar-refractivity contribution in [2.45, 2.75) is 0 Å². The highest BCUT2D eigenvalue weighted by Crippen LogP contribution is 2.24. The van der Waals surface area contributed by atoms with Gasteiger partial charge in [0.1, 0.15) is 12.4 Å². The number of fused-ring (bicyclic) bond motifs is 1. The first-order chi connectivity index (χ1) is 11.8. The van der Waals surface area contributed by atoms with E-state index in [1.54, 1.807) is 12.1 Å².